The number of nitrogens with zero attached hydrogens (tertiary/aromatic N) is 1. The number of ether oxygens (including phenoxy) is 1. The molecule has 0 saturated carbocycles. The van der Waals surface area contributed by atoms with Crippen LogP contribution in [0, 0.1) is 0 Å². The molecular formula is C30H36N6O8S. The fraction of sp³-hybridized carbons (Fsp3) is 0.367. The fourth-order valence-corrected chi connectivity index (χ4v) is 4.55. The molecule has 1 heterocycles. The molecule has 15 heteroatoms. The van der Waals surface area contributed by atoms with Crippen LogP contribution < -0.4 is 31.5 Å². The molecule has 5 N–H and O–H groups in total. The van der Waals surface area contributed by atoms with Crippen molar-refractivity contribution in [3.63, 3.8) is 0 Å². The van der Waals surface area contributed by atoms with E-state index in [0.29, 0.717) is 12.1 Å². The summed E-state index contributed by atoms with van der Waals surface area (Å²) >= 11 is 4.11. The van der Waals surface area contributed by atoms with Crippen LogP contribution >= 0.6 is 12.6 Å². The minimum absolute atomic E-state index is 0.0165. The number of hydrogen-bond acceptors (Lipinski definition) is 9. The molecule has 1 saturated heterocycles. The average molecular weight is 641 g/mol. The standard InChI is InChI=1S/C30H36N6O8S/c1-44-18-34-26(39)16-33-29(42)22(13-20-5-3-2-4-6-20)35-27(40)17-32-25(38)15-31-24(37)12-9-19-7-10-21(11-8-19)36-28(41)14-23(45)30(36)43/h2-8,10-11,22-23,45H,9,12-18H2,1H3,(H,31,37)(H,32,38)(H,33,42)(H,34,39)(H,35,40). The highest BCUT2D eigenvalue weighted by molar-refractivity contribution is 7.82. The van der Waals surface area contributed by atoms with Crippen LogP contribution in [-0.2, 0) is 51.1 Å². The van der Waals surface area contributed by atoms with Crippen molar-refractivity contribution in [2.24, 2.45) is 0 Å². The summed E-state index contributed by atoms with van der Waals surface area (Å²) in [4.78, 5) is 86.9. The monoisotopic (exact) mass is 640 g/mol. The van der Waals surface area contributed by atoms with Crippen molar-refractivity contribution in [1.82, 2.24) is 26.6 Å². The first kappa shape index (κ1) is 34.7. The Hall–Kier alpha value is -4.76. The lowest BCUT2D eigenvalue weighted by Gasteiger charge is -2.19. The summed E-state index contributed by atoms with van der Waals surface area (Å²) in [5.41, 5.74) is 2.00. The van der Waals surface area contributed by atoms with Crippen LogP contribution in [0.2, 0.25) is 0 Å². The van der Waals surface area contributed by atoms with Crippen LogP contribution in [0.15, 0.2) is 54.6 Å². The van der Waals surface area contributed by atoms with Crippen molar-refractivity contribution in [3.8, 4) is 0 Å². The van der Waals surface area contributed by atoms with Gasteiger partial charge in [-0.2, -0.15) is 12.6 Å². The zero-order valence-corrected chi connectivity index (χ0v) is 25.6. The van der Waals surface area contributed by atoms with Gasteiger partial charge in [-0.1, -0.05) is 42.5 Å². The average Bonchev–Trinajstić information content (AvgIpc) is 3.29. The molecular weight excluding hydrogens is 604 g/mol. The van der Waals surface area contributed by atoms with Crippen molar-refractivity contribution < 1.29 is 38.3 Å². The third-order valence-electron chi connectivity index (χ3n) is 6.62. The predicted octanol–water partition coefficient (Wildman–Crippen LogP) is -1.02. The summed E-state index contributed by atoms with van der Waals surface area (Å²) in [5.74, 6) is -3.39. The molecule has 240 valence electrons. The molecule has 0 bridgehead atoms. The Morgan fingerprint density at radius 3 is 2.09 bits per heavy atom. The van der Waals surface area contributed by atoms with E-state index in [9.17, 15) is 33.6 Å². The Labute approximate surface area is 265 Å². The number of amides is 7. The van der Waals surface area contributed by atoms with Crippen LogP contribution in [0.25, 0.3) is 0 Å². The van der Waals surface area contributed by atoms with Gasteiger partial charge in [-0.3, -0.25) is 33.6 Å². The second-order valence-corrected chi connectivity index (χ2v) is 10.7. The van der Waals surface area contributed by atoms with Crippen molar-refractivity contribution in [1.29, 1.82) is 0 Å². The number of hydrogen-bond donors (Lipinski definition) is 6. The number of rotatable bonds is 16. The second kappa shape index (κ2) is 17.5. The molecule has 3 rings (SSSR count). The van der Waals surface area contributed by atoms with E-state index in [1.807, 2.05) is 6.07 Å². The smallest absolute Gasteiger partial charge is 0.247 e. The molecule has 2 unspecified atom stereocenters. The molecule has 2 aromatic carbocycles. The highest BCUT2D eigenvalue weighted by Crippen LogP contribution is 2.25. The van der Waals surface area contributed by atoms with Crippen LogP contribution in [-0.4, -0.2) is 86.1 Å². The molecule has 14 nitrogen and oxygen atoms in total. The maximum absolute atomic E-state index is 12.8. The van der Waals surface area contributed by atoms with Gasteiger partial charge in [-0.05, 0) is 29.7 Å². The third-order valence-corrected chi connectivity index (χ3v) is 7.02. The van der Waals surface area contributed by atoms with Crippen molar-refractivity contribution in [2.75, 3.05) is 38.4 Å². The van der Waals surface area contributed by atoms with Crippen molar-refractivity contribution >= 4 is 59.7 Å². The van der Waals surface area contributed by atoms with E-state index in [1.165, 1.54) is 7.11 Å². The Balaban J connectivity index is 1.40. The molecule has 2 atom stereocenters. The number of carbonyl (C=O) groups is 7. The molecule has 1 aliphatic rings. The number of methoxy groups -OCH3 is 1. The topological polar surface area (TPSA) is 192 Å². The van der Waals surface area contributed by atoms with E-state index in [2.05, 4.69) is 39.2 Å². The molecule has 1 aliphatic heterocycles. The molecule has 0 aliphatic carbocycles. The number of aryl methyl sites for hydroxylation is 1. The Morgan fingerprint density at radius 1 is 0.822 bits per heavy atom. The van der Waals surface area contributed by atoms with Crippen LogP contribution in [0.4, 0.5) is 5.69 Å². The molecule has 0 aromatic heterocycles. The zero-order chi connectivity index (χ0) is 32.8. The van der Waals surface area contributed by atoms with Gasteiger partial charge < -0.3 is 31.3 Å². The summed E-state index contributed by atoms with van der Waals surface area (Å²) in [7, 11) is 1.41. The van der Waals surface area contributed by atoms with Gasteiger partial charge in [0.2, 0.25) is 41.4 Å². The van der Waals surface area contributed by atoms with E-state index in [1.54, 1.807) is 48.5 Å². The van der Waals surface area contributed by atoms with E-state index >= 15 is 0 Å². The summed E-state index contributed by atoms with van der Waals surface area (Å²) in [6.07, 6.45) is 0.625. The van der Waals surface area contributed by atoms with Gasteiger partial charge in [-0.15, -0.1) is 0 Å². The van der Waals surface area contributed by atoms with Gasteiger partial charge in [-0.25, -0.2) is 4.90 Å². The van der Waals surface area contributed by atoms with Crippen LogP contribution in [0.3, 0.4) is 0 Å². The number of carbonyl (C=O) groups excluding carboxylic acids is 7. The van der Waals surface area contributed by atoms with E-state index in [0.717, 1.165) is 16.0 Å². The van der Waals surface area contributed by atoms with Gasteiger partial charge in [0.05, 0.1) is 30.6 Å². The summed E-state index contributed by atoms with van der Waals surface area (Å²) in [5, 5.41) is 11.7. The minimum atomic E-state index is -1.02. The number of nitrogens with one attached hydrogen (secondary N) is 5. The molecule has 0 radical (unpaired) electrons. The van der Waals surface area contributed by atoms with E-state index in [-0.39, 0.29) is 50.9 Å². The quantitative estimate of drug-likeness (QED) is 0.0763. The SMILES string of the molecule is COCNC(=O)CNC(=O)C(Cc1ccccc1)NC(=O)CNC(=O)CNC(=O)CCc1ccc(N2C(=O)CC(S)C2=O)cc1. The summed E-state index contributed by atoms with van der Waals surface area (Å²) in [6.45, 7) is -1.14. The molecule has 0 spiro atoms. The minimum Gasteiger partial charge on any atom is -0.364 e. The summed E-state index contributed by atoms with van der Waals surface area (Å²) in [6, 6.07) is 14.6. The second-order valence-electron chi connectivity index (χ2n) is 10.1. The molecule has 7 amide bonds. The lowest BCUT2D eigenvalue weighted by Crippen LogP contribution is -2.52. The van der Waals surface area contributed by atoms with E-state index < -0.39 is 47.4 Å². The van der Waals surface area contributed by atoms with Crippen LogP contribution in [0.1, 0.15) is 24.0 Å². The largest absolute Gasteiger partial charge is 0.364 e. The molecule has 45 heavy (non-hydrogen) atoms. The maximum atomic E-state index is 12.8. The van der Waals surface area contributed by atoms with E-state index in [4.69, 9.17) is 4.74 Å². The fourth-order valence-electron chi connectivity index (χ4n) is 4.28. The first-order valence-electron chi connectivity index (χ1n) is 14.1. The Kier molecular flexibility index (Phi) is 13.5. The number of benzene rings is 2. The molecule has 2 aromatic rings. The maximum Gasteiger partial charge on any atom is 0.247 e. The predicted molar refractivity (Wildman–Crippen MR) is 166 cm³/mol. The van der Waals surface area contributed by atoms with Gasteiger partial charge in [0.15, 0.2) is 0 Å². The number of anilines is 1. The van der Waals surface area contributed by atoms with Gasteiger partial charge >= 0.3 is 0 Å². The van der Waals surface area contributed by atoms with Crippen molar-refractivity contribution in [3.05, 3.63) is 65.7 Å². The number of imide groups is 1. The Morgan fingerprint density at radius 2 is 1.44 bits per heavy atom. The third kappa shape index (κ3) is 11.4. The molecule has 1 fully saturated rings. The lowest BCUT2D eigenvalue weighted by molar-refractivity contribution is -0.131. The first-order valence-corrected chi connectivity index (χ1v) is 14.6. The highest BCUT2D eigenvalue weighted by atomic mass is 32.1. The first-order chi connectivity index (χ1) is 21.6. The van der Waals surface area contributed by atoms with Gasteiger partial charge in [0.25, 0.3) is 0 Å². The summed E-state index contributed by atoms with van der Waals surface area (Å²) < 4.78 is 4.75. The number of thiol groups is 1. The lowest BCUT2D eigenvalue weighted by atomic mass is 10.1. The highest BCUT2D eigenvalue weighted by Gasteiger charge is 2.37. The van der Waals surface area contributed by atoms with Crippen molar-refractivity contribution in [2.45, 2.75) is 37.0 Å². The Bertz CT molecular complexity index is 1390. The van der Waals surface area contributed by atoms with Crippen LogP contribution in [0.5, 0.6) is 0 Å². The van der Waals surface area contributed by atoms with Gasteiger partial charge in [0, 0.05) is 26.4 Å². The van der Waals surface area contributed by atoms with Gasteiger partial charge in [0.1, 0.15) is 12.8 Å². The zero-order valence-electron chi connectivity index (χ0n) is 24.7. The normalized spacial score (nSPS) is 14.8.